The van der Waals surface area contributed by atoms with Crippen molar-refractivity contribution < 1.29 is 4.74 Å². The van der Waals surface area contributed by atoms with E-state index in [-0.39, 0.29) is 0 Å². The van der Waals surface area contributed by atoms with E-state index in [2.05, 4.69) is 56.5 Å². The van der Waals surface area contributed by atoms with E-state index in [0.717, 1.165) is 48.8 Å². The highest BCUT2D eigenvalue weighted by Gasteiger charge is 2.18. The highest BCUT2D eigenvalue weighted by atomic mass is 16.5. The van der Waals surface area contributed by atoms with Gasteiger partial charge in [0.15, 0.2) is 5.65 Å². The number of nitrogens with one attached hydrogen (secondary N) is 1. The van der Waals surface area contributed by atoms with E-state index < -0.39 is 0 Å². The van der Waals surface area contributed by atoms with Crippen LogP contribution in [0.2, 0.25) is 0 Å². The predicted molar refractivity (Wildman–Crippen MR) is 96.8 cm³/mol. The number of morpholine rings is 1. The highest BCUT2D eigenvalue weighted by Crippen LogP contribution is 2.25. The quantitative estimate of drug-likeness (QED) is 0.788. The molecule has 25 heavy (non-hydrogen) atoms. The van der Waals surface area contributed by atoms with Crippen LogP contribution in [0.4, 0.5) is 11.5 Å². The average Bonchev–Trinajstić information content (AvgIpc) is 3.05. The largest absolute Gasteiger partial charge is 0.379 e. The normalized spacial score (nSPS) is 16.9. The first-order valence-corrected chi connectivity index (χ1v) is 8.54. The highest BCUT2D eigenvalue weighted by molar-refractivity contribution is 5.88. The molecule has 0 spiro atoms. The number of benzene rings is 1. The van der Waals surface area contributed by atoms with Gasteiger partial charge in [0, 0.05) is 31.9 Å². The Morgan fingerprint density at radius 2 is 1.88 bits per heavy atom. The van der Waals surface area contributed by atoms with E-state index in [4.69, 9.17) is 4.74 Å². The molecular formula is C18H22N6O. The lowest BCUT2D eigenvalue weighted by molar-refractivity contribution is 0.0198. The predicted octanol–water partition coefficient (Wildman–Crippen LogP) is 2.50. The molecule has 0 aliphatic carbocycles. The third-order valence-corrected chi connectivity index (χ3v) is 4.78. The summed E-state index contributed by atoms with van der Waals surface area (Å²) in [6.45, 7) is 5.86. The molecule has 1 aliphatic rings. The number of rotatable bonds is 4. The Labute approximate surface area is 146 Å². The van der Waals surface area contributed by atoms with Crippen LogP contribution in [0.1, 0.15) is 18.5 Å². The smallest absolute Gasteiger partial charge is 0.163 e. The van der Waals surface area contributed by atoms with E-state index >= 15 is 0 Å². The molecule has 1 N–H and O–H groups in total. The van der Waals surface area contributed by atoms with Crippen LogP contribution in [-0.4, -0.2) is 51.0 Å². The van der Waals surface area contributed by atoms with Crippen molar-refractivity contribution in [2.24, 2.45) is 7.05 Å². The Hall–Kier alpha value is -2.51. The number of hydrogen-bond donors (Lipinski definition) is 1. The zero-order chi connectivity index (χ0) is 17.2. The third-order valence-electron chi connectivity index (χ3n) is 4.78. The molecular weight excluding hydrogens is 316 g/mol. The van der Waals surface area contributed by atoms with Crippen molar-refractivity contribution in [1.82, 2.24) is 24.6 Å². The Morgan fingerprint density at radius 1 is 1.12 bits per heavy atom. The molecule has 1 saturated heterocycles. The lowest BCUT2D eigenvalue weighted by atomic mass is 10.1. The molecule has 7 heteroatoms. The van der Waals surface area contributed by atoms with Crippen molar-refractivity contribution >= 4 is 22.5 Å². The summed E-state index contributed by atoms with van der Waals surface area (Å²) >= 11 is 0. The second kappa shape index (κ2) is 6.78. The molecule has 1 aliphatic heterocycles. The van der Waals surface area contributed by atoms with Gasteiger partial charge in [-0.3, -0.25) is 9.58 Å². The lowest BCUT2D eigenvalue weighted by Gasteiger charge is -2.32. The minimum Gasteiger partial charge on any atom is -0.379 e. The Bertz CT molecular complexity index is 854. The van der Waals surface area contributed by atoms with Gasteiger partial charge >= 0.3 is 0 Å². The zero-order valence-corrected chi connectivity index (χ0v) is 14.5. The van der Waals surface area contributed by atoms with Crippen LogP contribution in [0.3, 0.4) is 0 Å². The van der Waals surface area contributed by atoms with Gasteiger partial charge in [-0.1, -0.05) is 12.1 Å². The molecule has 1 unspecified atom stereocenters. The number of fused-ring (bicyclic) bond motifs is 1. The molecule has 7 nitrogen and oxygen atoms in total. The second-order valence-electron chi connectivity index (χ2n) is 6.30. The van der Waals surface area contributed by atoms with Crippen LogP contribution in [0.5, 0.6) is 0 Å². The lowest BCUT2D eigenvalue weighted by Crippen LogP contribution is -2.37. The van der Waals surface area contributed by atoms with Crippen LogP contribution < -0.4 is 5.32 Å². The summed E-state index contributed by atoms with van der Waals surface area (Å²) in [5, 5.41) is 8.53. The van der Waals surface area contributed by atoms with Gasteiger partial charge in [0.05, 0.1) is 24.8 Å². The van der Waals surface area contributed by atoms with Crippen molar-refractivity contribution in [3.05, 3.63) is 42.4 Å². The Balaban J connectivity index is 1.52. The zero-order valence-electron chi connectivity index (χ0n) is 14.5. The monoisotopic (exact) mass is 338 g/mol. The van der Waals surface area contributed by atoms with Gasteiger partial charge in [0.1, 0.15) is 12.1 Å². The molecule has 2 aromatic heterocycles. The molecule has 130 valence electrons. The van der Waals surface area contributed by atoms with Gasteiger partial charge in [0.25, 0.3) is 0 Å². The maximum Gasteiger partial charge on any atom is 0.163 e. The molecule has 1 fully saturated rings. The van der Waals surface area contributed by atoms with Crippen LogP contribution >= 0.6 is 0 Å². The number of ether oxygens (including phenoxy) is 1. The van der Waals surface area contributed by atoms with Gasteiger partial charge in [-0.05, 0) is 24.6 Å². The van der Waals surface area contributed by atoms with Crippen molar-refractivity contribution in [2.45, 2.75) is 13.0 Å². The molecule has 0 amide bonds. The van der Waals surface area contributed by atoms with Crippen LogP contribution in [0, 0.1) is 0 Å². The Kier molecular flexibility index (Phi) is 4.33. The van der Waals surface area contributed by atoms with Crippen LogP contribution in [-0.2, 0) is 11.8 Å². The van der Waals surface area contributed by atoms with Gasteiger partial charge in [-0.15, -0.1) is 0 Å². The molecule has 4 rings (SSSR count). The standard InChI is InChI=1S/C18H22N6O/c1-13(24-7-9-25-10-8-24)14-3-5-15(6-4-14)22-17-16-11-21-23(2)18(16)20-12-19-17/h3-6,11-13H,7-10H2,1-2H3,(H,19,20,22). The van der Waals surface area contributed by atoms with Gasteiger partial charge < -0.3 is 10.1 Å². The SMILES string of the molecule is CC(c1ccc(Nc2ncnc3c2cnn3C)cc1)N1CCOCC1. The average molecular weight is 338 g/mol. The van der Waals surface area contributed by atoms with E-state index in [1.807, 2.05) is 7.05 Å². The second-order valence-corrected chi connectivity index (χ2v) is 6.30. The third kappa shape index (κ3) is 3.20. The summed E-state index contributed by atoms with van der Waals surface area (Å²) in [6, 6.07) is 8.92. The first kappa shape index (κ1) is 16.0. The maximum absolute atomic E-state index is 5.44. The number of aromatic nitrogens is 4. The first-order chi connectivity index (χ1) is 12.2. The van der Waals surface area contributed by atoms with Gasteiger partial charge in [0.2, 0.25) is 0 Å². The number of aryl methyl sites for hydroxylation is 1. The summed E-state index contributed by atoms with van der Waals surface area (Å²) < 4.78 is 7.18. The minimum atomic E-state index is 0.391. The first-order valence-electron chi connectivity index (χ1n) is 8.54. The number of nitrogens with zero attached hydrogens (tertiary/aromatic N) is 5. The van der Waals surface area contributed by atoms with E-state index in [1.54, 1.807) is 17.2 Å². The van der Waals surface area contributed by atoms with E-state index in [0.29, 0.717) is 6.04 Å². The minimum absolute atomic E-state index is 0.391. The van der Waals surface area contributed by atoms with E-state index in [1.165, 1.54) is 5.56 Å². The molecule has 0 radical (unpaired) electrons. The molecule has 0 saturated carbocycles. The summed E-state index contributed by atoms with van der Waals surface area (Å²) in [4.78, 5) is 11.1. The molecule has 3 heterocycles. The van der Waals surface area contributed by atoms with E-state index in [9.17, 15) is 0 Å². The topological polar surface area (TPSA) is 68.1 Å². The van der Waals surface area contributed by atoms with Crippen molar-refractivity contribution in [3.63, 3.8) is 0 Å². The van der Waals surface area contributed by atoms with Gasteiger partial charge in [-0.2, -0.15) is 5.10 Å². The summed E-state index contributed by atoms with van der Waals surface area (Å²) in [5.41, 5.74) is 3.12. The fourth-order valence-corrected chi connectivity index (χ4v) is 3.22. The molecule has 1 aromatic carbocycles. The van der Waals surface area contributed by atoms with Crippen LogP contribution in [0.15, 0.2) is 36.8 Å². The van der Waals surface area contributed by atoms with Crippen molar-refractivity contribution in [3.8, 4) is 0 Å². The molecule has 1 atom stereocenters. The number of anilines is 2. The molecule has 0 bridgehead atoms. The van der Waals surface area contributed by atoms with Crippen LogP contribution in [0.25, 0.3) is 11.0 Å². The van der Waals surface area contributed by atoms with Crippen molar-refractivity contribution in [2.75, 3.05) is 31.6 Å². The Morgan fingerprint density at radius 3 is 2.64 bits per heavy atom. The summed E-state index contributed by atoms with van der Waals surface area (Å²) in [5.74, 6) is 0.770. The fraction of sp³-hybridized carbons (Fsp3) is 0.389. The van der Waals surface area contributed by atoms with Gasteiger partial charge in [-0.25, -0.2) is 9.97 Å². The fourth-order valence-electron chi connectivity index (χ4n) is 3.22. The summed E-state index contributed by atoms with van der Waals surface area (Å²) in [6.07, 6.45) is 3.34. The maximum atomic E-state index is 5.44. The summed E-state index contributed by atoms with van der Waals surface area (Å²) in [7, 11) is 1.88. The van der Waals surface area contributed by atoms with Crippen molar-refractivity contribution in [1.29, 1.82) is 0 Å². The number of hydrogen-bond acceptors (Lipinski definition) is 6. The molecule has 3 aromatic rings.